The van der Waals surface area contributed by atoms with Crippen LogP contribution in [0, 0.1) is 0 Å². The first-order valence-corrected chi connectivity index (χ1v) is 9.57. The van der Waals surface area contributed by atoms with Crippen LogP contribution in [-0.4, -0.2) is 15.3 Å². The summed E-state index contributed by atoms with van der Waals surface area (Å²) in [4.78, 5) is 30.2. The highest BCUT2D eigenvalue weighted by Gasteiger charge is 2.29. The lowest BCUT2D eigenvalue weighted by Gasteiger charge is -2.15. The van der Waals surface area contributed by atoms with Gasteiger partial charge in [-0.3, -0.25) is 13.9 Å². The zero-order valence-electron chi connectivity index (χ0n) is 17.4. The predicted octanol–water partition coefficient (Wildman–Crippen LogP) is 3.27. The van der Waals surface area contributed by atoms with Gasteiger partial charge in [0.1, 0.15) is 18.0 Å². The molecule has 3 rings (SSSR count). The van der Waals surface area contributed by atoms with Gasteiger partial charge in [0, 0.05) is 20.6 Å². The summed E-state index contributed by atoms with van der Waals surface area (Å²) in [6.07, 6.45) is -3.22. The topological polar surface area (TPSA) is 77.6 Å². The van der Waals surface area contributed by atoms with Crippen molar-refractivity contribution < 1.29 is 18.0 Å². The SMILES string of the molecule is Cn1c(NCc2ccc(C(F)(F)F)cc2)c(/C=N/OCc2ccccc2)c(=O)n(C)c1=O. The van der Waals surface area contributed by atoms with Crippen LogP contribution >= 0.6 is 0 Å². The lowest BCUT2D eigenvalue weighted by molar-refractivity contribution is -0.137. The summed E-state index contributed by atoms with van der Waals surface area (Å²) in [6.45, 7) is 0.280. The molecule has 10 heteroatoms. The van der Waals surface area contributed by atoms with E-state index in [0.717, 1.165) is 22.3 Å². The number of aromatic nitrogens is 2. The molecule has 0 bridgehead atoms. The lowest BCUT2D eigenvalue weighted by atomic mass is 10.1. The highest BCUT2D eigenvalue weighted by molar-refractivity contribution is 5.85. The molecule has 0 fully saturated rings. The van der Waals surface area contributed by atoms with Crippen LogP contribution in [0.3, 0.4) is 0 Å². The third-order valence-corrected chi connectivity index (χ3v) is 4.77. The van der Waals surface area contributed by atoms with Gasteiger partial charge in [-0.25, -0.2) is 4.79 Å². The van der Waals surface area contributed by atoms with E-state index in [1.807, 2.05) is 30.3 Å². The van der Waals surface area contributed by atoms with E-state index in [1.165, 1.54) is 37.0 Å². The van der Waals surface area contributed by atoms with Crippen molar-refractivity contribution >= 4 is 12.0 Å². The summed E-state index contributed by atoms with van der Waals surface area (Å²) in [5, 5.41) is 6.79. The molecule has 0 unspecified atom stereocenters. The minimum Gasteiger partial charge on any atom is -0.391 e. The molecule has 1 aromatic heterocycles. The summed E-state index contributed by atoms with van der Waals surface area (Å²) in [6, 6.07) is 13.9. The molecule has 0 saturated heterocycles. The summed E-state index contributed by atoms with van der Waals surface area (Å²) in [5.74, 6) is 0.171. The molecular weight excluding hydrogens is 425 g/mol. The fourth-order valence-electron chi connectivity index (χ4n) is 2.97. The van der Waals surface area contributed by atoms with Crippen molar-refractivity contribution in [1.29, 1.82) is 0 Å². The summed E-state index contributed by atoms with van der Waals surface area (Å²) in [7, 11) is 2.81. The lowest BCUT2D eigenvalue weighted by Crippen LogP contribution is -2.40. The number of hydrogen-bond donors (Lipinski definition) is 1. The number of nitrogens with one attached hydrogen (secondary N) is 1. The average molecular weight is 446 g/mol. The third-order valence-electron chi connectivity index (χ3n) is 4.77. The first-order chi connectivity index (χ1) is 15.2. The van der Waals surface area contributed by atoms with Crippen molar-refractivity contribution in [1.82, 2.24) is 9.13 Å². The Morgan fingerprint density at radius 3 is 2.25 bits per heavy atom. The van der Waals surface area contributed by atoms with Crippen LogP contribution in [0.15, 0.2) is 69.3 Å². The van der Waals surface area contributed by atoms with Gasteiger partial charge in [-0.05, 0) is 23.3 Å². The second kappa shape index (κ2) is 9.54. The van der Waals surface area contributed by atoms with Crippen LogP contribution in [0.2, 0.25) is 0 Å². The number of benzene rings is 2. The first-order valence-electron chi connectivity index (χ1n) is 9.57. The molecule has 0 amide bonds. The largest absolute Gasteiger partial charge is 0.416 e. The second-order valence-corrected chi connectivity index (χ2v) is 7.01. The molecule has 0 saturated carbocycles. The van der Waals surface area contributed by atoms with Gasteiger partial charge in [0.05, 0.1) is 11.8 Å². The van der Waals surface area contributed by atoms with Gasteiger partial charge in [-0.1, -0.05) is 47.6 Å². The Labute approximate surface area is 181 Å². The molecule has 3 aromatic rings. The zero-order chi connectivity index (χ0) is 23.3. The number of oxime groups is 1. The van der Waals surface area contributed by atoms with Gasteiger partial charge >= 0.3 is 11.9 Å². The molecular formula is C22H21F3N4O3. The molecule has 32 heavy (non-hydrogen) atoms. The minimum atomic E-state index is -4.43. The number of halogens is 3. The number of alkyl halides is 3. The normalized spacial score (nSPS) is 11.7. The Balaban J connectivity index is 1.82. The number of nitrogens with zero attached hydrogens (tertiary/aromatic N) is 3. The highest BCUT2D eigenvalue weighted by atomic mass is 19.4. The summed E-state index contributed by atoms with van der Waals surface area (Å²) >= 11 is 0. The molecule has 1 heterocycles. The Morgan fingerprint density at radius 2 is 1.62 bits per heavy atom. The van der Waals surface area contributed by atoms with Crippen molar-refractivity contribution in [2.24, 2.45) is 19.3 Å². The van der Waals surface area contributed by atoms with Crippen molar-refractivity contribution in [3.8, 4) is 0 Å². The van der Waals surface area contributed by atoms with E-state index in [1.54, 1.807) is 0 Å². The molecule has 2 aromatic carbocycles. The monoisotopic (exact) mass is 446 g/mol. The van der Waals surface area contributed by atoms with E-state index in [-0.39, 0.29) is 24.5 Å². The van der Waals surface area contributed by atoms with Crippen LogP contribution in [0.25, 0.3) is 0 Å². The molecule has 0 aliphatic rings. The fourth-order valence-corrected chi connectivity index (χ4v) is 2.97. The predicted molar refractivity (Wildman–Crippen MR) is 115 cm³/mol. The molecule has 7 nitrogen and oxygen atoms in total. The van der Waals surface area contributed by atoms with E-state index < -0.39 is 23.0 Å². The standard InChI is InChI=1S/C22H21F3N4O3/c1-28-19(26-12-15-8-10-17(11-9-15)22(23,24)25)18(20(30)29(2)21(28)31)13-27-32-14-16-6-4-3-5-7-16/h3-11,13,26H,12,14H2,1-2H3/b27-13+. The van der Waals surface area contributed by atoms with E-state index >= 15 is 0 Å². The van der Waals surface area contributed by atoms with Crippen molar-refractivity contribution in [2.75, 3.05) is 5.32 Å². The third kappa shape index (κ3) is 5.26. The number of rotatable bonds is 7. The van der Waals surface area contributed by atoms with Crippen LogP contribution in [-0.2, 0) is 38.3 Å². The Bertz CT molecular complexity index is 1210. The van der Waals surface area contributed by atoms with Gasteiger partial charge in [0.15, 0.2) is 0 Å². The minimum absolute atomic E-state index is 0.0783. The molecule has 168 valence electrons. The number of hydrogen-bond acceptors (Lipinski definition) is 5. The highest BCUT2D eigenvalue weighted by Crippen LogP contribution is 2.29. The molecule has 1 N–H and O–H groups in total. The maximum Gasteiger partial charge on any atom is 0.416 e. The summed E-state index contributed by atoms with van der Waals surface area (Å²) < 4.78 is 40.4. The van der Waals surface area contributed by atoms with E-state index in [4.69, 9.17) is 4.84 Å². The zero-order valence-corrected chi connectivity index (χ0v) is 17.4. The Morgan fingerprint density at radius 1 is 0.969 bits per heavy atom. The average Bonchev–Trinajstić information content (AvgIpc) is 2.78. The fraction of sp³-hybridized carbons (Fsp3) is 0.227. The van der Waals surface area contributed by atoms with Crippen molar-refractivity contribution in [2.45, 2.75) is 19.3 Å². The molecule has 0 spiro atoms. The molecule has 0 aliphatic heterocycles. The van der Waals surface area contributed by atoms with E-state index in [9.17, 15) is 22.8 Å². The van der Waals surface area contributed by atoms with Crippen LogP contribution in [0.1, 0.15) is 22.3 Å². The molecule has 0 radical (unpaired) electrons. The molecule has 0 atom stereocenters. The van der Waals surface area contributed by atoms with Gasteiger partial charge < -0.3 is 10.2 Å². The Hall–Kier alpha value is -3.82. The quantitative estimate of drug-likeness (QED) is 0.447. The van der Waals surface area contributed by atoms with E-state index in [2.05, 4.69) is 10.5 Å². The van der Waals surface area contributed by atoms with E-state index in [0.29, 0.717) is 5.56 Å². The Kier molecular flexibility index (Phi) is 6.82. The smallest absolute Gasteiger partial charge is 0.391 e. The van der Waals surface area contributed by atoms with Gasteiger partial charge in [-0.15, -0.1) is 0 Å². The van der Waals surface area contributed by atoms with Crippen molar-refractivity contribution in [3.63, 3.8) is 0 Å². The van der Waals surface area contributed by atoms with Crippen molar-refractivity contribution in [3.05, 3.63) is 97.7 Å². The second-order valence-electron chi connectivity index (χ2n) is 7.01. The van der Waals surface area contributed by atoms with Crippen LogP contribution in [0.5, 0.6) is 0 Å². The first kappa shape index (κ1) is 22.9. The van der Waals surface area contributed by atoms with Crippen LogP contribution < -0.4 is 16.6 Å². The number of anilines is 1. The van der Waals surface area contributed by atoms with Gasteiger partial charge in [0.2, 0.25) is 0 Å². The van der Waals surface area contributed by atoms with Gasteiger partial charge in [-0.2, -0.15) is 13.2 Å². The summed E-state index contributed by atoms with van der Waals surface area (Å²) in [5.41, 5.74) is -0.407. The van der Waals surface area contributed by atoms with Gasteiger partial charge in [0.25, 0.3) is 5.56 Å². The maximum absolute atomic E-state index is 12.7. The maximum atomic E-state index is 12.7. The van der Waals surface area contributed by atoms with Crippen LogP contribution in [0.4, 0.5) is 19.0 Å². The molecule has 0 aliphatic carbocycles.